The number of sulfonamides is 1. The number of hydrogen-bond acceptors (Lipinski definition) is 4. The standard InChI is InChI=1S/C25H24N2O4S/c1-17-8-10-20(11-9-17)32(28,29)26-13-12-19-14-23(30-2)24(31-3)16-22(19)27-21-7-5-4-6-18(21)15-25(26)27/h4-11,14-16H,12-13H2,1-3H3. The fourth-order valence-electron chi connectivity index (χ4n) is 4.31. The molecular weight excluding hydrogens is 424 g/mol. The van der Waals surface area contributed by atoms with Gasteiger partial charge in [0.25, 0.3) is 10.0 Å². The number of hydrogen-bond donors (Lipinski definition) is 0. The SMILES string of the molecule is COc1cc2c(cc1OC)-n1c(cc3ccccc31)N(S(=O)(=O)c1ccc(C)cc1)CC2. The first kappa shape index (κ1) is 20.5. The van der Waals surface area contributed by atoms with E-state index in [1.807, 2.05) is 66.1 Å². The Morgan fingerprint density at radius 1 is 0.875 bits per heavy atom. The Balaban J connectivity index is 1.78. The van der Waals surface area contributed by atoms with Gasteiger partial charge in [0.05, 0.1) is 30.3 Å². The third-order valence-electron chi connectivity index (χ3n) is 5.97. The molecule has 0 aliphatic carbocycles. The zero-order chi connectivity index (χ0) is 22.5. The van der Waals surface area contributed by atoms with Crippen molar-refractivity contribution >= 4 is 26.7 Å². The molecule has 0 N–H and O–H groups in total. The number of para-hydroxylation sites is 1. The molecule has 0 atom stereocenters. The molecule has 0 radical (unpaired) electrons. The molecule has 1 aromatic heterocycles. The molecule has 1 aliphatic heterocycles. The molecule has 4 aromatic rings. The lowest BCUT2D eigenvalue weighted by atomic mass is 10.1. The predicted octanol–water partition coefficient (Wildman–Crippen LogP) is 4.71. The van der Waals surface area contributed by atoms with Gasteiger partial charge in [-0.15, -0.1) is 0 Å². The fraction of sp³-hybridized carbons (Fsp3) is 0.200. The lowest BCUT2D eigenvalue weighted by Gasteiger charge is -2.23. The van der Waals surface area contributed by atoms with Crippen LogP contribution >= 0.6 is 0 Å². The minimum atomic E-state index is -3.76. The Bertz CT molecular complexity index is 1420. The molecule has 0 spiro atoms. The lowest BCUT2D eigenvalue weighted by Crippen LogP contribution is -2.33. The minimum absolute atomic E-state index is 0.279. The van der Waals surface area contributed by atoms with E-state index < -0.39 is 10.0 Å². The van der Waals surface area contributed by atoms with Crippen molar-refractivity contribution in [2.45, 2.75) is 18.2 Å². The number of aryl methyl sites for hydroxylation is 1. The summed E-state index contributed by atoms with van der Waals surface area (Å²) in [6.07, 6.45) is 0.538. The first-order chi connectivity index (χ1) is 15.4. The predicted molar refractivity (Wildman–Crippen MR) is 126 cm³/mol. The molecular formula is C25H24N2O4S. The summed E-state index contributed by atoms with van der Waals surface area (Å²) >= 11 is 0. The summed E-state index contributed by atoms with van der Waals surface area (Å²) in [6, 6.07) is 20.7. The Morgan fingerprint density at radius 3 is 2.28 bits per heavy atom. The molecule has 0 saturated carbocycles. The van der Waals surface area contributed by atoms with Gasteiger partial charge in [-0.05, 0) is 49.2 Å². The largest absolute Gasteiger partial charge is 0.493 e. The maximum absolute atomic E-state index is 13.8. The van der Waals surface area contributed by atoms with Crippen LogP contribution in [0.1, 0.15) is 11.1 Å². The fourth-order valence-corrected chi connectivity index (χ4v) is 5.76. The van der Waals surface area contributed by atoms with E-state index in [-0.39, 0.29) is 4.90 Å². The van der Waals surface area contributed by atoms with E-state index in [9.17, 15) is 8.42 Å². The van der Waals surface area contributed by atoms with Crippen LogP contribution < -0.4 is 13.8 Å². The van der Waals surface area contributed by atoms with E-state index in [1.54, 1.807) is 26.4 Å². The molecule has 7 heteroatoms. The van der Waals surface area contributed by atoms with Crippen molar-refractivity contribution in [1.82, 2.24) is 4.57 Å². The van der Waals surface area contributed by atoms with Crippen molar-refractivity contribution < 1.29 is 17.9 Å². The average molecular weight is 449 g/mol. The molecule has 0 unspecified atom stereocenters. The second kappa shape index (κ2) is 7.60. The van der Waals surface area contributed by atoms with Crippen LogP contribution in [0.3, 0.4) is 0 Å². The Morgan fingerprint density at radius 2 is 1.56 bits per heavy atom. The zero-order valence-electron chi connectivity index (χ0n) is 18.2. The van der Waals surface area contributed by atoms with Gasteiger partial charge in [-0.1, -0.05) is 35.9 Å². The molecule has 2 heterocycles. The van der Waals surface area contributed by atoms with Gasteiger partial charge in [-0.3, -0.25) is 8.87 Å². The molecule has 32 heavy (non-hydrogen) atoms. The zero-order valence-corrected chi connectivity index (χ0v) is 19.0. The third-order valence-corrected chi connectivity index (χ3v) is 7.78. The van der Waals surface area contributed by atoms with Gasteiger partial charge in [0.1, 0.15) is 5.82 Å². The maximum Gasteiger partial charge on any atom is 0.265 e. The van der Waals surface area contributed by atoms with E-state index in [2.05, 4.69) is 0 Å². The molecule has 0 bridgehead atoms. The summed E-state index contributed by atoms with van der Waals surface area (Å²) < 4.78 is 42.1. The molecule has 5 rings (SSSR count). The topological polar surface area (TPSA) is 60.8 Å². The van der Waals surface area contributed by atoms with Crippen LogP contribution in [0.25, 0.3) is 16.6 Å². The monoisotopic (exact) mass is 448 g/mol. The van der Waals surface area contributed by atoms with Crippen LogP contribution in [0.4, 0.5) is 5.82 Å². The van der Waals surface area contributed by atoms with Gasteiger partial charge in [0.15, 0.2) is 11.5 Å². The molecule has 0 fully saturated rings. The molecule has 164 valence electrons. The van der Waals surface area contributed by atoms with Crippen LogP contribution in [0.15, 0.2) is 71.6 Å². The highest BCUT2D eigenvalue weighted by Gasteiger charge is 2.32. The number of ether oxygens (including phenoxy) is 2. The minimum Gasteiger partial charge on any atom is -0.493 e. The number of fused-ring (bicyclic) bond motifs is 5. The van der Waals surface area contributed by atoms with Crippen molar-refractivity contribution in [3.8, 4) is 17.2 Å². The van der Waals surface area contributed by atoms with Gasteiger partial charge in [0, 0.05) is 18.0 Å². The summed E-state index contributed by atoms with van der Waals surface area (Å²) in [7, 11) is -0.559. The normalized spacial score (nSPS) is 13.4. The first-order valence-corrected chi connectivity index (χ1v) is 11.8. The number of methoxy groups -OCH3 is 2. The van der Waals surface area contributed by atoms with E-state index in [0.29, 0.717) is 30.3 Å². The third kappa shape index (κ3) is 3.12. The number of nitrogens with zero attached hydrogens (tertiary/aromatic N) is 2. The van der Waals surface area contributed by atoms with Gasteiger partial charge < -0.3 is 9.47 Å². The van der Waals surface area contributed by atoms with E-state index in [4.69, 9.17) is 9.47 Å². The van der Waals surface area contributed by atoms with Gasteiger partial charge in [0.2, 0.25) is 0 Å². The highest BCUT2D eigenvalue weighted by atomic mass is 32.2. The smallest absolute Gasteiger partial charge is 0.265 e. The first-order valence-electron chi connectivity index (χ1n) is 10.4. The summed E-state index contributed by atoms with van der Waals surface area (Å²) in [6.45, 7) is 2.26. The molecule has 3 aromatic carbocycles. The number of benzene rings is 3. The molecule has 0 saturated heterocycles. The second-order valence-corrected chi connectivity index (χ2v) is 9.74. The van der Waals surface area contributed by atoms with E-state index >= 15 is 0 Å². The Kier molecular flexibility index (Phi) is 4.86. The molecule has 1 aliphatic rings. The quantitative estimate of drug-likeness (QED) is 0.454. The average Bonchev–Trinajstić information content (AvgIpc) is 3.09. The maximum atomic E-state index is 13.8. The lowest BCUT2D eigenvalue weighted by molar-refractivity contribution is 0.354. The van der Waals surface area contributed by atoms with Crippen molar-refractivity contribution in [2.75, 3.05) is 25.1 Å². The van der Waals surface area contributed by atoms with E-state index in [1.165, 1.54) is 4.31 Å². The van der Waals surface area contributed by atoms with Gasteiger partial charge in [-0.25, -0.2) is 8.42 Å². The number of rotatable bonds is 4. The highest BCUT2D eigenvalue weighted by molar-refractivity contribution is 7.92. The van der Waals surface area contributed by atoms with Crippen LogP contribution in [0, 0.1) is 6.92 Å². The van der Waals surface area contributed by atoms with Crippen molar-refractivity contribution in [3.05, 3.63) is 77.9 Å². The van der Waals surface area contributed by atoms with Crippen molar-refractivity contribution in [2.24, 2.45) is 0 Å². The summed E-state index contributed by atoms with van der Waals surface area (Å²) in [4.78, 5) is 0.279. The van der Waals surface area contributed by atoms with Crippen LogP contribution in [-0.4, -0.2) is 33.7 Å². The van der Waals surface area contributed by atoms with Crippen LogP contribution in [0.2, 0.25) is 0 Å². The summed E-state index contributed by atoms with van der Waals surface area (Å²) in [5, 5.41) is 0.967. The summed E-state index contributed by atoms with van der Waals surface area (Å²) in [5.41, 5.74) is 3.83. The molecule has 6 nitrogen and oxygen atoms in total. The van der Waals surface area contributed by atoms with Crippen LogP contribution in [-0.2, 0) is 16.4 Å². The van der Waals surface area contributed by atoms with Crippen molar-refractivity contribution in [3.63, 3.8) is 0 Å². The van der Waals surface area contributed by atoms with Gasteiger partial charge >= 0.3 is 0 Å². The van der Waals surface area contributed by atoms with E-state index in [0.717, 1.165) is 27.7 Å². The number of anilines is 1. The Hall–Kier alpha value is -3.45. The van der Waals surface area contributed by atoms with Crippen molar-refractivity contribution in [1.29, 1.82) is 0 Å². The Labute approximate surface area is 187 Å². The second-order valence-electron chi connectivity index (χ2n) is 7.87. The number of aromatic nitrogens is 1. The van der Waals surface area contributed by atoms with Gasteiger partial charge in [-0.2, -0.15) is 0 Å². The molecule has 0 amide bonds. The van der Waals surface area contributed by atoms with Crippen LogP contribution in [0.5, 0.6) is 11.5 Å². The summed E-state index contributed by atoms with van der Waals surface area (Å²) in [5.74, 6) is 1.83. The highest BCUT2D eigenvalue weighted by Crippen LogP contribution is 2.41.